The van der Waals surface area contributed by atoms with Crippen LogP contribution < -0.4 is 5.73 Å². The quantitative estimate of drug-likeness (QED) is 0.888. The maximum Gasteiger partial charge on any atom is 0.127 e. The zero-order valence-electron chi connectivity index (χ0n) is 11.4. The molecule has 98 valence electrons. The number of nitrogens with two attached hydrogens (primary N) is 1. The number of halogens is 1. The third-order valence-electron chi connectivity index (χ3n) is 3.27. The van der Waals surface area contributed by atoms with E-state index >= 15 is 0 Å². The third-order valence-corrected chi connectivity index (χ3v) is 3.27. The highest BCUT2D eigenvalue weighted by molar-refractivity contribution is 5.76. The second kappa shape index (κ2) is 4.35. The van der Waals surface area contributed by atoms with Crippen molar-refractivity contribution in [3.8, 4) is 0 Å². The van der Waals surface area contributed by atoms with Gasteiger partial charge in [0.1, 0.15) is 11.6 Å². The summed E-state index contributed by atoms with van der Waals surface area (Å²) in [6, 6.07) is 4.51. The fourth-order valence-electron chi connectivity index (χ4n) is 2.08. The van der Waals surface area contributed by atoms with E-state index in [1.165, 1.54) is 12.1 Å². The zero-order valence-corrected chi connectivity index (χ0v) is 11.4. The average Bonchev–Trinajstić information content (AvgIpc) is 2.63. The number of benzene rings is 1. The maximum absolute atomic E-state index is 13.2. The monoisotopic (exact) mass is 249 g/mol. The van der Waals surface area contributed by atoms with E-state index in [4.69, 9.17) is 5.73 Å². The second-order valence-electron chi connectivity index (χ2n) is 5.69. The molecule has 0 aliphatic heterocycles. The van der Waals surface area contributed by atoms with Crippen LogP contribution in [0.2, 0.25) is 0 Å². The van der Waals surface area contributed by atoms with Gasteiger partial charge in [0.25, 0.3) is 0 Å². The first-order valence-corrected chi connectivity index (χ1v) is 6.26. The fraction of sp³-hybridized carbons (Fsp3) is 0.500. The Balaban J connectivity index is 2.64. The van der Waals surface area contributed by atoms with E-state index in [-0.39, 0.29) is 17.3 Å². The Morgan fingerprint density at radius 2 is 2.06 bits per heavy atom. The van der Waals surface area contributed by atoms with Crippen molar-refractivity contribution in [1.29, 1.82) is 0 Å². The number of aryl methyl sites for hydroxylation is 1. The van der Waals surface area contributed by atoms with Crippen LogP contribution in [-0.2, 0) is 6.54 Å². The summed E-state index contributed by atoms with van der Waals surface area (Å²) in [6.07, 6.45) is 0. The molecule has 0 aliphatic carbocycles. The van der Waals surface area contributed by atoms with E-state index in [0.29, 0.717) is 5.52 Å². The molecule has 1 aromatic carbocycles. The fourth-order valence-corrected chi connectivity index (χ4v) is 2.08. The van der Waals surface area contributed by atoms with Gasteiger partial charge in [-0.3, -0.25) is 0 Å². The summed E-state index contributed by atoms with van der Waals surface area (Å²) in [5, 5.41) is 0. The summed E-state index contributed by atoms with van der Waals surface area (Å²) >= 11 is 0. The highest BCUT2D eigenvalue weighted by Gasteiger charge is 2.27. The lowest BCUT2D eigenvalue weighted by atomic mass is 9.87. The molecular weight excluding hydrogens is 229 g/mol. The van der Waals surface area contributed by atoms with Crippen LogP contribution in [0, 0.1) is 11.2 Å². The van der Waals surface area contributed by atoms with E-state index in [0.717, 1.165) is 17.9 Å². The lowest BCUT2D eigenvalue weighted by molar-refractivity contribution is 0.309. The molecule has 0 fully saturated rings. The molecule has 2 rings (SSSR count). The predicted molar refractivity (Wildman–Crippen MR) is 71.7 cm³/mol. The first kappa shape index (κ1) is 13.0. The van der Waals surface area contributed by atoms with Gasteiger partial charge in [0.2, 0.25) is 0 Å². The van der Waals surface area contributed by atoms with E-state index < -0.39 is 0 Å². The summed E-state index contributed by atoms with van der Waals surface area (Å²) in [4.78, 5) is 4.51. The highest BCUT2D eigenvalue weighted by Crippen LogP contribution is 2.32. The Morgan fingerprint density at radius 3 is 2.61 bits per heavy atom. The average molecular weight is 249 g/mol. The van der Waals surface area contributed by atoms with Crippen molar-refractivity contribution in [3.63, 3.8) is 0 Å². The summed E-state index contributed by atoms with van der Waals surface area (Å²) in [6.45, 7) is 9.07. The molecule has 3 nitrogen and oxygen atoms in total. The minimum absolute atomic E-state index is 0.0765. The van der Waals surface area contributed by atoms with Crippen molar-refractivity contribution in [1.82, 2.24) is 9.55 Å². The lowest BCUT2D eigenvalue weighted by Gasteiger charge is -2.26. The number of rotatable bonds is 2. The third kappa shape index (κ3) is 2.12. The van der Waals surface area contributed by atoms with E-state index in [9.17, 15) is 4.39 Å². The number of hydrogen-bond donors (Lipinski definition) is 1. The van der Waals surface area contributed by atoms with Crippen LogP contribution in [0.4, 0.5) is 4.39 Å². The Labute approximate surface area is 107 Å². The molecule has 0 saturated carbocycles. The summed E-state index contributed by atoms with van der Waals surface area (Å²) < 4.78 is 15.3. The van der Waals surface area contributed by atoms with Crippen LogP contribution in [0.15, 0.2) is 18.2 Å². The summed E-state index contributed by atoms with van der Waals surface area (Å²) in [5.74, 6) is 0.560. The topological polar surface area (TPSA) is 43.8 Å². The summed E-state index contributed by atoms with van der Waals surface area (Å²) in [7, 11) is 0. The van der Waals surface area contributed by atoms with Gasteiger partial charge in [0.15, 0.2) is 0 Å². The number of aromatic nitrogens is 2. The van der Waals surface area contributed by atoms with Crippen LogP contribution >= 0.6 is 0 Å². The molecule has 1 aromatic heterocycles. The van der Waals surface area contributed by atoms with Gasteiger partial charge >= 0.3 is 0 Å². The first-order chi connectivity index (χ1) is 8.34. The number of imidazole rings is 1. The van der Waals surface area contributed by atoms with Gasteiger partial charge in [0.05, 0.1) is 17.1 Å². The molecule has 0 radical (unpaired) electrons. The molecule has 0 spiro atoms. The van der Waals surface area contributed by atoms with Crippen molar-refractivity contribution in [2.45, 2.75) is 40.3 Å². The molecule has 1 heterocycles. The zero-order chi connectivity index (χ0) is 13.5. The van der Waals surface area contributed by atoms with Gasteiger partial charge in [-0.25, -0.2) is 9.37 Å². The van der Waals surface area contributed by atoms with Crippen LogP contribution in [0.3, 0.4) is 0 Å². The van der Waals surface area contributed by atoms with Gasteiger partial charge in [-0.2, -0.15) is 0 Å². The molecule has 4 heteroatoms. The molecule has 0 amide bonds. The van der Waals surface area contributed by atoms with E-state index in [1.807, 2.05) is 6.92 Å². The number of hydrogen-bond acceptors (Lipinski definition) is 2. The molecule has 0 bridgehead atoms. The van der Waals surface area contributed by atoms with Gasteiger partial charge in [-0.15, -0.1) is 0 Å². The first-order valence-electron chi connectivity index (χ1n) is 6.26. The molecular formula is C14H20FN3. The van der Waals surface area contributed by atoms with E-state index in [2.05, 4.69) is 30.3 Å². The Hall–Kier alpha value is -1.42. The van der Waals surface area contributed by atoms with Crippen LogP contribution in [0.25, 0.3) is 11.0 Å². The minimum Gasteiger partial charge on any atom is -0.327 e. The molecule has 2 aromatic rings. The van der Waals surface area contributed by atoms with Gasteiger partial charge < -0.3 is 10.3 Å². The van der Waals surface area contributed by atoms with Crippen LogP contribution in [0.5, 0.6) is 0 Å². The standard InChI is InChI=1S/C14H20FN3/c1-5-18-11-7-6-9(15)8-10(11)17-13(18)12(16)14(2,3)4/h6-8,12H,5,16H2,1-4H3. The molecule has 0 saturated heterocycles. The molecule has 1 unspecified atom stereocenters. The SMILES string of the molecule is CCn1c(C(N)C(C)(C)C)nc2cc(F)ccc21. The largest absolute Gasteiger partial charge is 0.327 e. The summed E-state index contributed by atoms with van der Waals surface area (Å²) in [5.41, 5.74) is 7.81. The van der Waals surface area contributed by atoms with E-state index in [1.54, 1.807) is 6.07 Å². The van der Waals surface area contributed by atoms with Crippen molar-refractivity contribution in [3.05, 3.63) is 29.8 Å². The lowest BCUT2D eigenvalue weighted by Crippen LogP contribution is -2.29. The molecule has 2 N–H and O–H groups in total. The van der Waals surface area contributed by atoms with Crippen LogP contribution in [-0.4, -0.2) is 9.55 Å². The highest BCUT2D eigenvalue weighted by atomic mass is 19.1. The van der Waals surface area contributed by atoms with Gasteiger partial charge in [-0.05, 0) is 24.5 Å². The Morgan fingerprint density at radius 1 is 1.39 bits per heavy atom. The molecule has 18 heavy (non-hydrogen) atoms. The second-order valence-corrected chi connectivity index (χ2v) is 5.69. The molecule has 0 aliphatic rings. The Bertz CT molecular complexity index is 566. The van der Waals surface area contributed by atoms with Crippen LogP contribution in [0.1, 0.15) is 39.6 Å². The van der Waals surface area contributed by atoms with Crippen molar-refractivity contribution < 1.29 is 4.39 Å². The Kier molecular flexibility index (Phi) is 3.15. The normalized spacial score (nSPS) is 14.1. The van der Waals surface area contributed by atoms with Crippen molar-refractivity contribution in [2.24, 2.45) is 11.1 Å². The maximum atomic E-state index is 13.2. The number of nitrogens with zero attached hydrogens (tertiary/aromatic N) is 2. The minimum atomic E-state index is -0.265. The predicted octanol–water partition coefficient (Wildman–Crippen LogP) is 3.24. The van der Waals surface area contributed by atoms with Crippen molar-refractivity contribution in [2.75, 3.05) is 0 Å². The van der Waals surface area contributed by atoms with Gasteiger partial charge in [0, 0.05) is 12.6 Å². The smallest absolute Gasteiger partial charge is 0.127 e. The van der Waals surface area contributed by atoms with Crippen molar-refractivity contribution >= 4 is 11.0 Å². The molecule has 1 atom stereocenters. The van der Waals surface area contributed by atoms with Gasteiger partial charge in [-0.1, -0.05) is 20.8 Å². The number of fused-ring (bicyclic) bond motifs is 1.